The Morgan fingerprint density at radius 2 is 1.67 bits per heavy atom. The van der Waals surface area contributed by atoms with E-state index in [1.165, 1.54) is 25.7 Å². The average Bonchev–Trinajstić information content (AvgIpc) is 2.94. The third-order valence-corrected chi connectivity index (χ3v) is 4.93. The van der Waals surface area contributed by atoms with Gasteiger partial charge in [-0.15, -0.1) is 25.7 Å². The van der Waals surface area contributed by atoms with Gasteiger partial charge in [0.05, 0.1) is 5.57 Å². The molecule has 1 atom stereocenters. The highest BCUT2D eigenvalue weighted by molar-refractivity contribution is 5.81. The van der Waals surface area contributed by atoms with Crippen molar-refractivity contribution in [3.8, 4) is 25.7 Å². The smallest absolute Gasteiger partial charge is 0.397 e. The fourth-order valence-electron chi connectivity index (χ4n) is 3.05. The average molecular weight is 560 g/mol. The van der Waals surface area contributed by atoms with Crippen LogP contribution in [0.25, 0.3) is 0 Å². The number of hydrogen-bond acceptors (Lipinski definition) is 5. The van der Waals surface area contributed by atoms with Crippen molar-refractivity contribution in [2.24, 2.45) is 16.6 Å². The molecule has 1 saturated heterocycles. The fourth-order valence-corrected chi connectivity index (χ4v) is 3.05. The maximum atomic E-state index is 12.4. The van der Waals surface area contributed by atoms with Crippen molar-refractivity contribution < 1.29 is 27.8 Å². The van der Waals surface area contributed by atoms with Crippen molar-refractivity contribution in [2.75, 3.05) is 39.5 Å². The number of alkyl halides is 3. The summed E-state index contributed by atoms with van der Waals surface area (Å²) in [5, 5.41) is 7.57. The molecule has 0 spiro atoms. The molecule has 226 valence electrons. The first-order valence-corrected chi connectivity index (χ1v) is 13.3. The maximum absolute atomic E-state index is 12.4. The van der Waals surface area contributed by atoms with E-state index in [9.17, 15) is 18.0 Å². The third-order valence-electron chi connectivity index (χ3n) is 4.93. The molecule has 0 saturated carbocycles. The number of nitrogens with zero attached hydrogens (tertiary/aromatic N) is 2. The standard InChI is InChI=1S/C16H24F3N3O.C5H10O.C3H8.C2H6O.2C2H2/c1-11(5-4-7-20)15(23)22-8-6-14(12(2)10-22)21-9-13(3)16(17,18)19;1-2-4-6-5-3-1;1-3-2;1-2-3;2*1-2/h9,11H,3-8,10,20H2,1-2H3;1-5H2;3H2,1-2H3;3H,2H2,1H3;2*1-2H/t11-;;;;;/m1...../s1. The maximum Gasteiger partial charge on any atom is 0.417 e. The Morgan fingerprint density at radius 3 is 2.00 bits per heavy atom. The molecule has 0 bridgehead atoms. The van der Waals surface area contributed by atoms with Crippen molar-refractivity contribution in [1.29, 1.82) is 0 Å². The molecular formula is C30H52F3N3O3. The minimum Gasteiger partial charge on any atom is -0.397 e. The second kappa shape index (κ2) is 30.0. The van der Waals surface area contributed by atoms with Crippen molar-refractivity contribution in [1.82, 2.24) is 4.90 Å². The first-order chi connectivity index (χ1) is 18.5. The Hall–Kier alpha value is -2.59. The molecule has 0 aromatic heterocycles. The molecule has 0 radical (unpaired) electrons. The number of terminal acetylenes is 2. The molecule has 0 aromatic rings. The Labute approximate surface area is 236 Å². The summed E-state index contributed by atoms with van der Waals surface area (Å²) in [5.41, 5.74) is 5.87. The molecule has 0 aliphatic carbocycles. The Kier molecular flexibility index (Phi) is 33.4. The number of ether oxygens (including phenoxy) is 1. The van der Waals surface area contributed by atoms with E-state index in [1.54, 1.807) is 18.7 Å². The van der Waals surface area contributed by atoms with Crippen molar-refractivity contribution in [3.05, 3.63) is 23.4 Å². The number of aliphatic hydroxyl groups is 1. The van der Waals surface area contributed by atoms with E-state index < -0.39 is 11.7 Å². The fraction of sp³-hybridized carbons (Fsp3) is 0.667. The van der Waals surface area contributed by atoms with Crippen LogP contribution in [0.4, 0.5) is 13.2 Å². The van der Waals surface area contributed by atoms with Crippen LogP contribution < -0.4 is 5.73 Å². The van der Waals surface area contributed by atoms with Crippen molar-refractivity contribution >= 4 is 12.1 Å². The second-order valence-electron chi connectivity index (χ2n) is 8.55. The van der Waals surface area contributed by atoms with Gasteiger partial charge in [-0.3, -0.25) is 9.79 Å². The molecule has 39 heavy (non-hydrogen) atoms. The summed E-state index contributed by atoms with van der Waals surface area (Å²) in [4.78, 5) is 17.9. The van der Waals surface area contributed by atoms with Gasteiger partial charge in [-0.1, -0.05) is 33.8 Å². The zero-order valence-corrected chi connectivity index (χ0v) is 24.7. The van der Waals surface area contributed by atoms with Crippen LogP contribution in [0, 0.1) is 31.6 Å². The van der Waals surface area contributed by atoms with Gasteiger partial charge >= 0.3 is 6.18 Å². The topological polar surface area (TPSA) is 88.2 Å². The van der Waals surface area contributed by atoms with Crippen molar-refractivity contribution in [2.45, 2.75) is 85.7 Å². The van der Waals surface area contributed by atoms with Gasteiger partial charge in [0, 0.05) is 57.2 Å². The van der Waals surface area contributed by atoms with Gasteiger partial charge in [0.25, 0.3) is 0 Å². The van der Waals surface area contributed by atoms with Gasteiger partial charge < -0.3 is 20.5 Å². The number of carbonyl (C=O) groups is 1. The molecule has 3 N–H and O–H groups in total. The monoisotopic (exact) mass is 559 g/mol. The third kappa shape index (κ3) is 25.4. The minimum absolute atomic E-state index is 0.0560. The van der Waals surface area contributed by atoms with Crippen molar-refractivity contribution in [3.63, 3.8) is 0 Å². The zero-order valence-electron chi connectivity index (χ0n) is 24.7. The van der Waals surface area contributed by atoms with E-state index in [-0.39, 0.29) is 18.4 Å². The molecule has 1 fully saturated rings. The molecule has 9 heteroatoms. The number of aliphatic imine (C=N–C) groups is 1. The number of allylic oxidation sites excluding steroid dienone is 1. The van der Waals surface area contributed by atoms with Crippen LogP contribution in [0.2, 0.25) is 0 Å². The highest BCUT2D eigenvalue weighted by atomic mass is 19.4. The summed E-state index contributed by atoms with van der Waals surface area (Å²) < 4.78 is 42.2. The molecular weight excluding hydrogens is 507 g/mol. The number of amides is 1. The van der Waals surface area contributed by atoms with E-state index >= 15 is 0 Å². The van der Waals surface area contributed by atoms with Crippen LogP contribution in [-0.4, -0.2) is 67.8 Å². The van der Waals surface area contributed by atoms with E-state index in [2.05, 4.69) is 51.1 Å². The van der Waals surface area contributed by atoms with Crippen LogP contribution in [0.15, 0.2) is 28.4 Å². The number of hydrogen-bond donors (Lipinski definition) is 2. The van der Waals surface area contributed by atoms with Gasteiger partial charge in [0.15, 0.2) is 0 Å². The quantitative estimate of drug-likeness (QED) is 0.302. The minimum atomic E-state index is -4.47. The summed E-state index contributed by atoms with van der Waals surface area (Å²) in [6, 6.07) is 0. The highest BCUT2D eigenvalue weighted by Gasteiger charge is 2.31. The number of rotatable bonds is 6. The van der Waals surface area contributed by atoms with Gasteiger partial charge in [0.1, 0.15) is 0 Å². The number of aliphatic hydroxyl groups excluding tert-OH is 1. The molecule has 0 aromatic carbocycles. The summed E-state index contributed by atoms with van der Waals surface area (Å²) in [5.74, 6) is -0.0399. The summed E-state index contributed by atoms with van der Waals surface area (Å²) >= 11 is 0. The summed E-state index contributed by atoms with van der Waals surface area (Å²) in [6.07, 6.45) is 19.5. The van der Waals surface area contributed by atoms with Crippen LogP contribution in [-0.2, 0) is 9.53 Å². The van der Waals surface area contributed by atoms with E-state index in [0.717, 1.165) is 37.8 Å². The molecule has 2 aliphatic rings. The lowest BCUT2D eigenvalue weighted by molar-refractivity contribution is -0.135. The molecule has 0 unspecified atom stereocenters. The lowest BCUT2D eigenvalue weighted by Gasteiger charge is -2.30. The Balaban J connectivity index is -0.000000312. The number of carbonyl (C=O) groups excluding carboxylic acids is 1. The molecule has 1 amide bonds. The van der Waals surface area contributed by atoms with Gasteiger partial charge in [0.2, 0.25) is 5.91 Å². The molecule has 2 aliphatic heterocycles. The lowest BCUT2D eigenvalue weighted by atomic mass is 10.0. The molecule has 6 nitrogen and oxygen atoms in total. The lowest BCUT2D eigenvalue weighted by Crippen LogP contribution is -2.39. The first-order valence-electron chi connectivity index (χ1n) is 13.3. The highest BCUT2D eigenvalue weighted by Crippen LogP contribution is 2.25. The zero-order chi connectivity index (χ0) is 31.3. The van der Waals surface area contributed by atoms with E-state index in [4.69, 9.17) is 15.6 Å². The van der Waals surface area contributed by atoms with Crippen LogP contribution in [0.5, 0.6) is 0 Å². The normalized spacial score (nSPS) is 15.2. The van der Waals surface area contributed by atoms with E-state index in [0.29, 0.717) is 31.8 Å². The van der Waals surface area contributed by atoms with Gasteiger partial charge in [-0.2, -0.15) is 13.2 Å². The number of halogens is 3. The Bertz CT molecular complexity index is 691. The number of nitrogens with two attached hydrogens (primary N) is 1. The summed E-state index contributed by atoms with van der Waals surface area (Å²) in [6.45, 7) is 16.2. The Morgan fingerprint density at radius 1 is 1.18 bits per heavy atom. The van der Waals surface area contributed by atoms with Crippen LogP contribution >= 0.6 is 0 Å². The summed E-state index contributed by atoms with van der Waals surface area (Å²) in [7, 11) is 0. The second-order valence-corrected chi connectivity index (χ2v) is 8.55. The van der Waals surface area contributed by atoms with Gasteiger partial charge in [-0.05, 0) is 58.1 Å². The SMILES string of the molecule is C#C.C#C.C1CCOCC1.C=C(C=NC1=C(C)CN(C(=O)[C@H](C)CCCN)CC1)C(F)(F)F.CCC.CCO. The predicted molar refractivity (Wildman–Crippen MR) is 158 cm³/mol. The van der Waals surface area contributed by atoms with E-state index in [1.807, 2.05) is 6.92 Å². The predicted octanol–water partition coefficient (Wildman–Crippen LogP) is 6.16. The van der Waals surface area contributed by atoms with Crippen LogP contribution in [0.3, 0.4) is 0 Å². The molecule has 2 rings (SSSR count). The van der Waals surface area contributed by atoms with Gasteiger partial charge in [-0.25, -0.2) is 0 Å². The first kappa shape index (κ1) is 43.5. The molecule has 2 heterocycles. The largest absolute Gasteiger partial charge is 0.417 e. The van der Waals surface area contributed by atoms with Crippen LogP contribution in [0.1, 0.15) is 79.6 Å².